The normalized spacial score (nSPS) is 19.5. The highest BCUT2D eigenvalue weighted by Gasteiger charge is 2.44. The zero-order valence-corrected chi connectivity index (χ0v) is 14.4. The van der Waals surface area contributed by atoms with Gasteiger partial charge in [0.2, 0.25) is 11.9 Å². The number of aryl methyl sites for hydroxylation is 1. The van der Waals surface area contributed by atoms with Crippen LogP contribution in [0.4, 0.5) is 16.9 Å². The van der Waals surface area contributed by atoms with Crippen molar-refractivity contribution in [2.24, 2.45) is 5.41 Å². The summed E-state index contributed by atoms with van der Waals surface area (Å²) < 4.78 is 0. The van der Waals surface area contributed by atoms with Crippen LogP contribution in [0.1, 0.15) is 24.8 Å². The van der Waals surface area contributed by atoms with Gasteiger partial charge in [-0.1, -0.05) is 0 Å². The Morgan fingerprint density at radius 2 is 2.12 bits per heavy atom. The molecule has 126 valence electrons. The van der Waals surface area contributed by atoms with Crippen molar-refractivity contribution < 1.29 is 4.79 Å². The van der Waals surface area contributed by atoms with E-state index in [1.807, 2.05) is 18.5 Å². The van der Waals surface area contributed by atoms with Crippen molar-refractivity contribution in [2.45, 2.75) is 26.2 Å². The van der Waals surface area contributed by atoms with Gasteiger partial charge >= 0.3 is 0 Å². The summed E-state index contributed by atoms with van der Waals surface area (Å²) >= 11 is 1.52. The molecule has 2 aliphatic heterocycles. The third kappa shape index (κ3) is 2.71. The number of nitrogens with one attached hydrogen (secondary N) is 2. The standard InChI is InChI=1S/C16H20N6OS/c1-11-10-19-14(21-15-18-6-9-24-15)20-12(11)22-7-3-16(4-8-22)2-5-17-13(16)23/h6,9-10H,2-5,7-8H2,1H3,(H,17,23)(H,18,19,20,21). The fourth-order valence-electron chi connectivity index (χ4n) is 3.53. The lowest BCUT2D eigenvalue weighted by atomic mass is 9.77. The van der Waals surface area contributed by atoms with E-state index < -0.39 is 0 Å². The Morgan fingerprint density at radius 1 is 1.29 bits per heavy atom. The summed E-state index contributed by atoms with van der Waals surface area (Å²) in [6.45, 7) is 4.53. The van der Waals surface area contributed by atoms with E-state index in [1.54, 1.807) is 6.20 Å². The fourth-order valence-corrected chi connectivity index (χ4v) is 4.06. The largest absolute Gasteiger partial charge is 0.356 e. The van der Waals surface area contributed by atoms with E-state index in [0.29, 0.717) is 5.95 Å². The van der Waals surface area contributed by atoms with Gasteiger partial charge in [-0.3, -0.25) is 10.1 Å². The van der Waals surface area contributed by atoms with Crippen LogP contribution in [0.2, 0.25) is 0 Å². The summed E-state index contributed by atoms with van der Waals surface area (Å²) in [5, 5.41) is 8.82. The summed E-state index contributed by atoms with van der Waals surface area (Å²) in [6, 6.07) is 0. The van der Waals surface area contributed by atoms with Crippen molar-refractivity contribution >= 4 is 34.1 Å². The Morgan fingerprint density at radius 3 is 2.79 bits per heavy atom. The van der Waals surface area contributed by atoms with E-state index >= 15 is 0 Å². The third-order valence-electron chi connectivity index (χ3n) is 4.99. The summed E-state index contributed by atoms with van der Waals surface area (Å²) in [7, 11) is 0. The average Bonchev–Trinajstić information content (AvgIpc) is 3.22. The molecule has 8 heteroatoms. The number of aromatic nitrogens is 3. The van der Waals surface area contributed by atoms with Crippen LogP contribution >= 0.6 is 11.3 Å². The van der Waals surface area contributed by atoms with Crippen molar-refractivity contribution in [3.63, 3.8) is 0 Å². The van der Waals surface area contributed by atoms with Crippen molar-refractivity contribution in [2.75, 3.05) is 29.9 Å². The number of carbonyl (C=O) groups is 1. The second-order valence-corrected chi connectivity index (χ2v) is 7.33. The molecule has 2 N–H and O–H groups in total. The summed E-state index contributed by atoms with van der Waals surface area (Å²) in [6.07, 6.45) is 6.32. The topological polar surface area (TPSA) is 83.0 Å². The number of piperidine rings is 1. The average molecular weight is 344 g/mol. The molecule has 0 aliphatic carbocycles. The van der Waals surface area contributed by atoms with Gasteiger partial charge in [-0.15, -0.1) is 11.3 Å². The van der Waals surface area contributed by atoms with E-state index in [9.17, 15) is 4.79 Å². The predicted molar refractivity (Wildman–Crippen MR) is 93.7 cm³/mol. The molecular weight excluding hydrogens is 324 g/mol. The number of carbonyl (C=O) groups excluding carboxylic acids is 1. The Hall–Kier alpha value is -2.22. The first kappa shape index (κ1) is 15.3. The molecular formula is C16H20N6OS. The maximum absolute atomic E-state index is 12.1. The highest BCUT2D eigenvalue weighted by molar-refractivity contribution is 7.13. The van der Waals surface area contributed by atoms with Gasteiger partial charge in [0.1, 0.15) is 5.82 Å². The second-order valence-electron chi connectivity index (χ2n) is 6.44. The van der Waals surface area contributed by atoms with Gasteiger partial charge in [-0.05, 0) is 26.2 Å². The molecule has 4 rings (SSSR count). The monoisotopic (exact) mass is 344 g/mol. The van der Waals surface area contributed by atoms with Crippen LogP contribution in [0.15, 0.2) is 17.8 Å². The molecule has 24 heavy (non-hydrogen) atoms. The highest BCUT2D eigenvalue weighted by atomic mass is 32.1. The van der Waals surface area contributed by atoms with Gasteiger partial charge in [-0.25, -0.2) is 9.97 Å². The lowest BCUT2D eigenvalue weighted by molar-refractivity contribution is -0.128. The molecule has 0 atom stereocenters. The molecule has 4 heterocycles. The molecule has 2 aliphatic rings. The van der Waals surface area contributed by atoms with Gasteiger partial charge in [0.15, 0.2) is 5.13 Å². The Bertz CT molecular complexity index is 739. The maximum Gasteiger partial charge on any atom is 0.230 e. The molecule has 1 amide bonds. The number of rotatable bonds is 3. The van der Waals surface area contributed by atoms with Crippen molar-refractivity contribution in [1.29, 1.82) is 0 Å². The van der Waals surface area contributed by atoms with Crippen molar-refractivity contribution in [3.8, 4) is 0 Å². The SMILES string of the molecule is Cc1cnc(Nc2nccs2)nc1N1CCC2(CCNC2=O)CC1. The van der Waals surface area contributed by atoms with Crippen LogP contribution < -0.4 is 15.5 Å². The van der Waals surface area contributed by atoms with Crippen LogP contribution in [0.5, 0.6) is 0 Å². The summed E-state index contributed by atoms with van der Waals surface area (Å²) in [4.78, 5) is 27.6. The van der Waals surface area contributed by atoms with Crippen LogP contribution in [0.3, 0.4) is 0 Å². The molecule has 2 aromatic rings. The molecule has 2 fully saturated rings. The van der Waals surface area contributed by atoms with E-state index in [4.69, 9.17) is 0 Å². The lowest BCUT2D eigenvalue weighted by Gasteiger charge is -2.38. The number of anilines is 3. The Kier molecular flexibility index (Phi) is 3.84. The third-order valence-corrected chi connectivity index (χ3v) is 5.68. The first-order valence-corrected chi connectivity index (χ1v) is 9.08. The molecule has 2 saturated heterocycles. The highest BCUT2D eigenvalue weighted by Crippen LogP contribution is 2.39. The Balaban J connectivity index is 1.51. The van der Waals surface area contributed by atoms with E-state index in [0.717, 1.165) is 55.4 Å². The van der Waals surface area contributed by atoms with Crippen LogP contribution in [-0.2, 0) is 4.79 Å². The zero-order chi connectivity index (χ0) is 16.6. The second kappa shape index (κ2) is 6.01. The van der Waals surface area contributed by atoms with E-state index in [1.165, 1.54) is 11.3 Å². The number of hydrogen-bond acceptors (Lipinski definition) is 7. The lowest BCUT2D eigenvalue weighted by Crippen LogP contribution is -2.44. The summed E-state index contributed by atoms with van der Waals surface area (Å²) in [5.74, 6) is 1.73. The van der Waals surface area contributed by atoms with Crippen LogP contribution in [0.25, 0.3) is 0 Å². The van der Waals surface area contributed by atoms with Gasteiger partial charge in [0.05, 0.1) is 5.41 Å². The number of nitrogens with zero attached hydrogens (tertiary/aromatic N) is 4. The molecule has 1 spiro atoms. The Labute approximate surface area is 144 Å². The van der Waals surface area contributed by atoms with E-state index in [-0.39, 0.29) is 11.3 Å². The van der Waals surface area contributed by atoms with Crippen molar-refractivity contribution in [3.05, 3.63) is 23.3 Å². The zero-order valence-electron chi connectivity index (χ0n) is 13.6. The smallest absolute Gasteiger partial charge is 0.230 e. The molecule has 0 saturated carbocycles. The predicted octanol–water partition coefficient (Wildman–Crippen LogP) is 2.09. The van der Waals surface area contributed by atoms with E-state index in [2.05, 4.69) is 30.5 Å². The quantitative estimate of drug-likeness (QED) is 0.887. The summed E-state index contributed by atoms with van der Waals surface area (Å²) in [5.41, 5.74) is 0.894. The maximum atomic E-state index is 12.1. The first-order valence-electron chi connectivity index (χ1n) is 8.20. The minimum absolute atomic E-state index is 0.153. The van der Waals surface area contributed by atoms with Gasteiger partial charge in [-0.2, -0.15) is 4.98 Å². The minimum atomic E-state index is -0.153. The molecule has 0 aromatic carbocycles. The molecule has 0 bridgehead atoms. The first-order chi connectivity index (χ1) is 11.7. The van der Waals surface area contributed by atoms with Gasteiger partial charge < -0.3 is 10.2 Å². The molecule has 7 nitrogen and oxygen atoms in total. The number of thiazole rings is 1. The van der Waals surface area contributed by atoms with Gasteiger partial charge in [0.25, 0.3) is 0 Å². The van der Waals surface area contributed by atoms with Crippen LogP contribution in [-0.4, -0.2) is 40.5 Å². The van der Waals surface area contributed by atoms with Crippen LogP contribution in [0, 0.1) is 12.3 Å². The molecule has 0 radical (unpaired) electrons. The molecule has 2 aromatic heterocycles. The van der Waals surface area contributed by atoms with Crippen molar-refractivity contribution in [1.82, 2.24) is 20.3 Å². The number of hydrogen-bond donors (Lipinski definition) is 2. The minimum Gasteiger partial charge on any atom is -0.356 e. The fraction of sp³-hybridized carbons (Fsp3) is 0.500. The van der Waals surface area contributed by atoms with Gasteiger partial charge in [0, 0.05) is 43.0 Å². The molecule has 0 unspecified atom stereocenters. The number of amides is 1.